The molecule has 1 N–H and O–H groups in total. The van der Waals surface area contributed by atoms with Crippen LogP contribution in [-0.2, 0) is 0 Å². The highest BCUT2D eigenvalue weighted by atomic mass is 16.4. The lowest BCUT2D eigenvalue weighted by Crippen LogP contribution is -1.99. The highest BCUT2D eigenvalue weighted by Gasteiger charge is 2.12. The average Bonchev–Trinajstić information content (AvgIpc) is 2.60. The molecule has 0 aromatic carbocycles. The normalized spacial score (nSPS) is 10.4. The maximum Gasteiger partial charge on any atom is 0.339 e. The van der Waals surface area contributed by atoms with Crippen LogP contribution in [0.1, 0.15) is 21.7 Å². The van der Waals surface area contributed by atoms with E-state index in [0.717, 1.165) is 5.69 Å². The smallest absolute Gasteiger partial charge is 0.339 e. The van der Waals surface area contributed by atoms with E-state index < -0.39 is 5.97 Å². The van der Waals surface area contributed by atoms with E-state index in [1.54, 1.807) is 13.0 Å². The lowest BCUT2D eigenvalue weighted by molar-refractivity contribution is 0.0696. The molecule has 2 aromatic rings. The molecule has 6 nitrogen and oxygen atoms in total. The second kappa shape index (κ2) is 3.73. The Kier molecular flexibility index (Phi) is 2.40. The molecule has 82 valence electrons. The Labute approximate surface area is 91.6 Å². The molecular formula is C10H10N4O2. The molecule has 0 aliphatic rings. The number of aromatic carboxylic acids is 1. The molecule has 0 aliphatic carbocycles. The highest BCUT2D eigenvalue weighted by molar-refractivity contribution is 5.88. The molecule has 2 rings (SSSR count). The van der Waals surface area contributed by atoms with Crippen LogP contribution in [0, 0.1) is 13.8 Å². The van der Waals surface area contributed by atoms with E-state index in [2.05, 4.69) is 15.1 Å². The topological polar surface area (TPSA) is 80.9 Å². The number of carboxylic acid groups (broad SMARTS) is 1. The van der Waals surface area contributed by atoms with Crippen molar-refractivity contribution in [1.82, 2.24) is 19.7 Å². The standard InChI is InChI=1S/C10H10N4O2/c1-6-3-9(12-5-11-6)14-4-8(10(15)16)7(2)13-14/h3-5H,1-2H3,(H,15,16). The summed E-state index contributed by atoms with van der Waals surface area (Å²) in [6, 6.07) is 1.73. The molecule has 0 atom stereocenters. The van der Waals surface area contributed by atoms with Crippen molar-refractivity contribution >= 4 is 5.97 Å². The third-order valence-corrected chi connectivity index (χ3v) is 2.15. The molecule has 0 saturated heterocycles. The van der Waals surface area contributed by atoms with Crippen molar-refractivity contribution < 1.29 is 9.90 Å². The Bertz CT molecular complexity index is 548. The number of rotatable bonds is 2. The zero-order valence-corrected chi connectivity index (χ0v) is 8.88. The van der Waals surface area contributed by atoms with Crippen molar-refractivity contribution in [2.45, 2.75) is 13.8 Å². The summed E-state index contributed by atoms with van der Waals surface area (Å²) >= 11 is 0. The Balaban J connectivity index is 2.49. The minimum atomic E-state index is -0.991. The van der Waals surface area contributed by atoms with Crippen LogP contribution in [-0.4, -0.2) is 30.8 Å². The highest BCUT2D eigenvalue weighted by Crippen LogP contribution is 2.10. The summed E-state index contributed by atoms with van der Waals surface area (Å²) in [5.74, 6) is -0.433. The van der Waals surface area contributed by atoms with Crippen LogP contribution < -0.4 is 0 Å². The number of hydrogen-bond acceptors (Lipinski definition) is 4. The first-order chi connectivity index (χ1) is 7.58. The van der Waals surface area contributed by atoms with Gasteiger partial charge in [0.2, 0.25) is 0 Å². The van der Waals surface area contributed by atoms with Crippen LogP contribution in [0.15, 0.2) is 18.6 Å². The zero-order chi connectivity index (χ0) is 11.7. The molecule has 6 heteroatoms. The number of nitrogens with zero attached hydrogens (tertiary/aromatic N) is 4. The van der Waals surface area contributed by atoms with Crippen molar-refractivity contribution in [2.24, 2.45) is 0 Å². The number of hydrogen-bond donors (Lipinski definition) is 1. The zero-order valence-electron chi connectivity index (χ0n) is 8.88. The summed E-state index contributed by atoms with van der Waals surface area (Å²) in [7, 11) is 0. The predicted octanol–water partition coefficient (Wildman–Crippen LogP) is 0.977. The van der Waals surface area contributed by atoms with Crippen LogP contribution in [0.25, 0.3) is 5.82 Å². The fourth-order valence-electron chi connectivity index (χ4n) is 1.35. The lowest BCUT2D eigenvalue weighted by atomic mass is 10.3. The summed E-state index contributed by atoms with van der Waals surface area (Å²) in [5.41, 5.74) is 1.44. The van der Waals surface area contributed by atoms with Crippen LogP contribution in [0.3, 0.4) is 0 Å². The SMILES string of the molecule is Cc1cc(-n2cc(C(=O)O)c(C)n2)ncn1. The van der Waals surface area contributed by atoms with Crippen LogP contribution in [0.5, 0.6) is 0 Å². The van der Waals surface area contributed by atoms with Gasteiger partial charge in [-0.2, -0.15) is 5.10 Å². The Morgan fingerprint density at radius 2 is 2.12 bits per heavy atom. The summed E-state index contributed by atoms with van der Waals surface area (Å²) in [5, 5.41) is 13.0. The van der Waals surface area contributed by atoms with Gasteiger partial charge >= 0.3 is 5.97 Å². The number of carboxylic acids is 1. The summed E-state index contributed by atoms with van der Waals surface area (Å²) in [4.78, 5) is 18.8. The van der Waals surface area contributed by atoms with E-state index in [-0.39, 0.29) is 5.56 Å². The number of aromatic nitrogens is 4. The van der Waals surface area contributed by atoms with Crippen molar-refractivity contribution in [1.29, 1.82) is 0 Å². The maximum absolute atomic E-state index is 10.8. The van der Waals surface area contributed by atoms with Gasteiger partial charge in [0.25, 0.3) is 0 Å². The molecule has 0 amide bonds. The Hall–Kier alpha value is -2.24. The fraction of sp³-hybridized carbons (Fsp3) is 0.200. The van der Waals surface area contributed by atoms with Crippen molar-refractivity contribution in [3.63, 3.8) is 0 Å². The molecule has 0 radical (unpaired) electrons. The van der Waals surface area contributed by atoms with E-state index in [9.17, 15) is 4.79 Å². The first-order valence-electron chi connectivity index (χ1n) is 4.66. The summed E-state index contributed by atoms with van der Waals surface area (Å²) in [6.07, 6.45) is 2.86. The van der Waals surface area contributed by atoms with E-state index in [0.29, 0.717) is 11.5 Å². The van der Waals surface area contributed by atoms with Gasteiger partial charge in [0.1, 0.15) is 11.9 Å². The molecule has 2 heterocycles. The molecule has 2 aromatic heterocycles. The van der Waals surface area contributed by atoms with E-state index in [1.807, 2.05) is 6.92 Å². The van der Waals surface area contributed by atoms with Gasteiger partial charge in [-0.05, 0) is 13.8 Å². The lowest BCUT2D eigenvalue weighted by Gasteiger charge is -1.99. The monoisotopic (exact) mass is 218 g/mol. The largest absolute Gasteiger partial charge is 0.478 e. The van der Waals surface area contributed by atoms with Crippen molar-refractivity contribution in [3.8, 4) is 5.82 Å². The first-order valence-corrected chi connectivity index (χ1v) is 4.66. The molecule has 0 bridgehead atoms. The first kappa shape index (κ1) is 10.3. The molecule has 16 heavy (non-hydrogen) atoms. The average molecular weight is 218 g/mol. The minimum Gasteiger partial charge on any atom is -0.478 e. The van der Waals surface area contributed by atoms with Gasteiger partial charge in [-0.15, -0.1) is 0 Å². The van der Waals surface area contributed by atoms with E-state index >= 15 is 0 Å². The molecule has 0 unspecified atom stereocenters. The number of carbonyl (C=O) groups is 1. The van der Waals surface area contributed by atoms with Gasteiger partial charge in [-0.25, -0.2) is 19.4 Å². The predicted molar refractivity (Wildman–Crippen MR) is 55.6 cm³/mol. The fourth-order valence-corrected chi connectivity index (χ4v) is 1.35. The third kappa shape index (κ3) is 1.77. The Morgan fingerprint density at radius 3 is 2.69 bits per heavy atom. The quantitative estimate of drug-likeness (QED) is 0.812. The summed E-state index contributed by atoms with van der Waals surface area (Å²) < 4.78 is 1.44. The third-order valence-electron chi connectivity index (χ3n) is 2.15. The van der Waals surface area contributed by atoms with Crippen molar-refractivity contribution in [2.75, 3.05) is 0 Å². The van der Waals surface area contributed by atoms with Crippen LogP contribution in [0.2, 0.25) is 0 Å². The molecular weight excluding hydrogens is 208 g/mol. The minimum absolute atomic E-state index is 0.177. The number of aryl methyl sites for hydroxylation is 2. The second-order valence-electron chi connectivity index (χ2n) is 3.40. The summed E-state index contributed by atoms with van der Waals surface area (Å²) in [6.45, 7) is 3.48. The van der Waals surface area contributed by atoms with Gasteiger partial charge in [0.15, 0.2) is 5.82 Å². The maximum atomic E-state index is 10.8. The van der Waals surface area contributed by atoms with Gasteiger partial charge < -0.3 is 5.11 Å². The van der Waals surface area contributed by atoms with Gasteiger partial charge in [-0.3, -0.25) is 0 Å². The second-order valence-corrected chi connectivity index (χ2v) is 3.40. The van der Waals surface area contributed by atoms with Crippen LogP contribution >= 0.6 is 0 Å². The molecule has 0 saturated carbocycles. The van der Waals surface area contributed by atoms with Gasteiger partial charge in [-0.1, -0.05) is 0 Å². The van der Waals surface area contributed by atoms with Gasteiger partial charge in [0.05, 0.1) is 5.69 Å². The van der Waals surface area contributed by atoms with Crippen molar-refractivity contribution in [3.05, 3.63) is 35.5 Å². The van der Waals surface area contributed by atoms with E-state index in [1.165, 1.54) is 17.2 Å². The van der Waals surface area contributed by atoms with Crippen LogP contribution in [0.4, 0.5) is 0 Å². The van der Waals surface area contributed by atoms with E-state index in [4.69, 9.17) is 5.11 Å². The molecule has 0 spiro atoms. The molecule has 0 fully saturated rings. The molecule has 0 aliphatic heterocycles. The Morgan fingerprint density at radius 1 is 1.38 bits per heavy atom. The van der Waals surface area contributed by atoms with Gasteiger partial charge in [0, 0.05) is 18.0 Å².